The lowest BCUT2D eigenvalue weighted by Gasteiger charge is -2.27. The zero-order chi connectivity index (χ0) is 13.8. The summed E-state index contributed by atoms with van der Waals surface area (Å²) < 4.78 is 1.89. The van der Waals surface area contributed by atoms with Gasteiger partial charge in [-0.25, -0.2) is 4.98 Å². The van der Waals surface area contributed by atoms with Crippen molar-refractivity contribution in [3.05, 3.63) is 37.1 Å². The van der Waals surface area contributed by atoms with Gasteiger partial charge >= 0.3 is 0 Å². The fraction of sp³-hybridized carbons (Fsp3) is 0.357. The van der Waals surface area contributed by atoms with Crippen molar-refractivity contribution < 1.29 is 4.79 Å². The van der Waals surface area contributed by atoms with Crippen molar-refractivity contribution in [1.29, 1.82) is 0 Å². The van der Waals surface area contributed by atoms with Gasteiger partial charge in [0.1, 0.15) is 6.54 Å². The minimum absolute atomic E-state index is 0.139. The third-order valence-electron chi connectivity index (χ3n) is 3.46. The summed E-state index contributed by atoms with van der Waals surface area (Å²) in [6.07, 6.45) is 6.96. The van der Waals surface area contributed by atoms with E-state index >= 15 is 0 Å². The molecule has 6 nitrogen and oxygen atoms in total. The minimum atomic E-state index is 0.139. The summed E-state index contributed by atoms with van der Waals surface area (Å²) in [6.45, 7) is 3.62. The molecule has 1 saturated heterocycles. The van der Waals surface area contributed by atoms with Gasteiger partial charge in [0.15, 0.2) is 0 Å². The second-order valence-corrected chi connectivity index (χ2v) is 4.77. The van der Waals surface area contributed by atoms with Gasteiger partial charge in [-0.15, -0.1) is 0 Å². The normalized spacial score (nSPS) is 15.3. The summed E-state index contributed by atoms with van der Waals surface area (Å²) in [5.41, 5.74) is 1.96. The Labute approximate surface area is 117 Å². The molecule has 1 aliphatic rings. The number of carbonyl (C=O) groups is 1. The van der Waals surface area contributed by atoms with E-state index in [1.165, 1.54) is 0 Å². The van der Waals surface area contributed by atoms with Crippen LogP contribution in [0.5, 0.6) is 0 Å². The summed E-state index contributed by atoms with van der Waals surface area (Å²) in [5, 5.41) is 3.25. The highest BCUT2D eigenvalue weighted by Gasteiger charge is 2.17. The molecule has 0 unspecified atom stereocenters. The average molecular weight is 271 g/mol. The maximum atomic E-state index is 12.3. The summed E-state index contributed by atoms with van der Waals surface area (Å²) in [4.78, 5) is 22.3. The Morgan fingerprint density at radius 1 is 1.20 bits per heavy atom. The van der Waals surface area contributed by atoms with Gasteiger partial charge in [0, 0.05) is 44.1 Å². The first-order valence-electron chi connectivity index (χ1n) is 6.73. The Kier molecular flexibility index (Phi) is 3.73. The summed E-state index contributed by atoms with van der Waals surface area (Å²) in [5.74, 6) is 0.139. The van der Waals surface area contributed by atoms with E-state index in [-0.39, 0.29) is 5.91 Å². The van der Waals surface area contributed by atoms with Crippen LogP contribution in [0.4, 0.5) is 0 Å². The monoisotopic (exact) mass is 271 g/mol. The molecular formula is C14H17N5O. The number of pyridine rings is 1. The second kappa shape index (κ2) is 5.83. The van der Waals surface area contributed by atoms with Crippen molar-refractivity contribution in [3.8, 4) is 11.3 Å². The lowest BCUT2D eigenvalue weighted by atomic mass is 10.2. The molecule has 0 atom stereocenters. The van der Waals surface area contributed by atoms with Crippen LogP contribution in [0.3, 0.4) is 0 Å². The van der Waals surface area contributed by atoms with Crippen LogP contribution < -0.4 is 5.32 Å². The molecule has 1 fully saturated rings. The molecule has 104 valence electrons. The van der Waals surface area contributed by atoms with Crippen LogP contribution in [0, 0.1) is 0 Å². The number of nitrogens with one attached hydrogen (secondary N) is 1. The maximum absolute atomic E-state index is 12.3. The number of aromatic nitrogens is 3. The van der Waals surface area contributed by atoms with E-state index < -0.39 is 0 Å². The van der Waals surface area contributed by atoms with Crippen molar-refractivity contribution in [2.24, 2.45) is 0 Å². The van der Waals surface area contributed by atoms with Gasteiger partial charge in [-0.3, -0.25) is 9.78 Å². The molecule has 0 aromatic carbocycles. The quantitative estimate of drug-likeness (QED) is 0.876. The molecule has 0 bridgehead atoms. The predicted molar refractivity (Wildman–Crippen MR) is 74.9 cm³/mol. The molecule has 0 radical (unpaired) electrons. The Morgan fingerprint density at radius 2 is 1.95 bits per heavy atom. The van der Waals surface area contributed by atoms with E-state index in [0.717, 1.165) is 37.4 Å². The zero-order valence-electron chi connectivity index (χ0n) is 11.2. The number of hydrogen-bond acceptors (Lipinski definition) is 4. The highest BCUT2D eigenvalue weighted by atomic mass is 16.2. The molecule has 0 aliphatic carbocycles. The first-order valence-corrected chi connectivity index (χ1v) is 6.73. The van der Waals surface area contributed by atoms with Gasteiger partial charge in [-0.05, 0) is 12.1 Å². The lowest BCUT2D eigenvalue weighted by molar-refractivity contribution is -0.132. The molecule has 6 heteroatoms. The minimum Gasteiger partial charge on any atom is -0.339 e. The molecule has 0 spiro atoms. The third-order valence-corrected chi connectivity index (χ3v) is 3.46. The molecule has 0 saturated carbocycles. The van der Waals surface area contributed by atoms with Gasteiger partial charge in [0.2, 0.25) is 5.91 Å². The van der Waals surface area contributed by atoms with Gasteiger partial charge in [-0.2, -0.15) is 0 Å². The number of rotatable bonds is 3. The molecular weight excluding hydrogens is 254 g/mol. The molecule has 3 rings (SSSR count). The smallest absolute Gasteiger partial charge is 0.242 e. The number of amides is 1. The Hall–Kier alpha value is -2.21. The van der Waals surface area contributed by atoms with Gasteiger partial charge in [0.05, 0.1) is 18.2 Å². The van der Waals surface area contributed by atoms with Crippen molar-refractivity contribution >= 4 is 5.91 Å². The van der Waals surface area contributed by atoms with Crippen molar-refractivity contribution in [2.45, 2.75) is 6.54 Å². The summed E-state index contributed by atoms with van der Waals surface area (Å²) in [7, 11) is 0. The number of piperazine rings is 1. The predicted octanol–water partition coefficient (Wildman–Crippen LogP) is 0.377. The standard InChI is InChI=1S/C14H17N5O/c20-14(18-7-5-16-6-8-18)10-19-11-17-9-13(19)12-1-3-15-4-2-12/h1-4,9,11,16H,5-8,10H2. The van der Waals surface area contributed by atoms with Crippen LogP contribution in [0.25, 0.3) is 11.3 Å². The van der Waals surface area contributed by atoms with Crippen molar-refractivity contribution in [3.63, 3.8) is 0 Å². The van der Waals surface area contributed by atoms with E-state index in [1.54, 1.807) is 24.9 Å². The molecule has 2 aromatic heterocycles. The maximum Gasteiger partial charge on any atom is 0.242 e. The van der Waals surface area contributed by atoms with E-state index in [9.17, 15) is 4.79 Å². The number of hydrogen-bond donors (Lipinski definition) is 1. The van der Waals surface area contributed by atoms with Crippen LogP contribution in [0.1, 0.15) is 0 Å². The van der Waals surface area contributed by atoms with Crippen LogP contribution in [0.2, 0.25) is 0 Å². The fourth-order valence-corrected chi connectivity index (χ4v) is 2.37. The van der Waals surface area contributed by atoms with Crippen molar-refractivity contribution in [2.75, 3.05) is 26.2 Å². The van der Waals surface area contributed by atoms with Gasteiger partial charge in [-0.1, -0.05) is 0 Å². The lowest BCUT2D eigenvalue weighted by Crippen LogP contribution is -2.47. The number of nitrogens with zero attached hydrogens (tertiary/aromatic N) is 4. The van der Waals surface area contributed by atoms with E-state index in [1.807, 2.05) is 21.6 Å². The summed E-state index contributed by atoms with van der Waals surface area (Å²) in [6, 6.07) is 3.84. The van der Waals surface area contributed by atoms with E-state index in [4.69, 9.17) is 0 Å². The SMILES string of the molecule is O=C(Cn1cncc1-c1ccncc1)N1CCNCC1. The first kappa shape index (κ1) is 12.8. The third kappa shape index (κ3) is 2.70. The molecule has 1 N–H and O–H groups in total. The highest BCUT2D eigenvalue weighted by molar-refractivity contribution is 5.77. The Balaban J connectivity index is 1.75. The number of carbonyl (C=O) groups excluding carboxylic acids is 1. The van der Waals surface area contributed by atoms with Gasteiger partial charge in [0.25, 0.3) is 0 Å². The van der Waals surface area contributed by atoms with Crippen LogP contribution in [-0.4, -0.2) is 51.5 Å². The van der Waals surface area contributed by atoms with Crippen LogP contribution >= 0.6 is 0 Å². The molecule has 3 heterocycles. The van der Waals surface area contributed by atoms with E-state index in [0.29, 0.717) is 6.54 Å². The average Bonchev–Trinajstić information content (AvgIpc) is 2.97. The zero-order valence-corrected chi connectivity index (χ0v) is 11.2. The Bertz CT molecular complexity index is 574. The fourth-order valence-electron chi connectivity index (χ4n) is 2.37. The van der Waals surface area contributed by atoms with Crippen LogP contribution in [-0.2, 0) is 11.3 Å². The summed E-state index contributed by atoms with van der Waals surface area (Å²) >= 11 is 0. The van der Waals surface area contributed by atoms with Crippen LogP contribution in [0.15, 0.2) is 37.1 Å². The van der Waals surface area contributed by atoms with Gasteiger partial charge < -0.3 is 14.8 Å². The number of imidazole rings is 1. The topological polar surface area (TPSA) is 63.1 Å². The molecule has 1 amide bonds. The highest BCUT2D eigenvalue weighted by Crippen LogP contribution is 2.17. The molecule has 20 heavy (non-hydrogen) atoms. The van der Waals surface area contributed by atoms with E-state index in [2.05, 4.69) is 15.3 Å². The molecule has 1 aliphatic heterocycles. The largest absolute Gasteiger partial charge is 0.339 e. The second-order valence-electron chi connectivity index (χ2n) is 4.77. The Morgan fingerprint density at radius 3 is 2.70 bits per heavy atom. The first-order chi connectivity index (χ1) is 9.84. The van der Waals surface area contributed by atoms with Crippen molar-refractivity contribution in [1.82, 2.24) is 24.8 Å². The molecule has 2 aromatic rings.